The van der Waals surface area contributed by atoms with Crippen LogP contribution in [0, 0.1) is 5.21 Å². The number of anilines is 1. The first-order valence-corrected chi connectivity index (χ1v) is 4.15. The van der Waals surface area contributed by atoms with E-state index in [1.165, 1.54) is 0 Å². The van der Waals surface area contributed by atoms with Crippen molar-refractivity contribution in [3.8, 4) is 0 Å². The number of rotatable bonds is 1. The predicted octanol–water partition coefficient (Wildman–Crippen LogP) is 1.61. The van der Waals surface area contributed by atoms with E-state index in [1.807, 2.05) is 30.3 Å². The molecule has 1 fully saturated rings. The van der Waals surface area contributed by atoms with E-state index in [9.17, 15) is 5.21 Å². The molecule has 0 amide bonds. The minimum atomic E-state index is 0.620. The standard InChI is InChI=1S/C9H11N2O/c12-11-8-4-7-10(11)9-5-2-1-3-6-9/h1-3,5-6H,4,7-8H2/q-1. The van der Waals surface area contributed by atoms with Crippen LogP contribution in [0.4, 0.5) is 5.69 Å². The number of para-hydroxylation sites is 1. The van der Waals surface area contributed by atoms with Gasteiger partial charge in [-0.25, -0.2) is 0 Å². The number of hydrogen-bond acceptors (Lipinski definition) is 3. The fourth-order valence-corrected chi connectivity index (χ4v) is 1.45. The van der Waals surface area contributed by atoms with Crippen molar-refractivity contribution in [3.63, 3.8) is 0 Å². The molecule has 64 valence electrons. The van der Waals surface area contributed by atoms with Crippen molar-refractivity contribution in [1.82, 2.24) is 5.17 Å². The Morgan fingerprint density at radius 2 is 1.83 bits per heavy atom. The zero-order valence-corrected chi connectivity index (χ0v) is 6.81. The van der Waals surface area contributed by atoms with E-state index in [-0.39, 0.29) is 0 Å². The molecule has 0 bridgehead atoms. The van der Waals surface area contributed by atoms with E-state index in [2.05, 4.69) is 0 Å². The van der Waals surface area contributed by atoms with E-state index < -0.39 is 0 Å². The van der Waals surface area contributed by atoms with Gasteiger partial charge in [-0.1, -0.05) is 18.2 Å². The second-order valence-electron chi connectivity index (χ2n) is 2.89. The summed E-state index contributed by atoms with van der Waals surface area (Å²) >= 11 is 0. The van der Waals surface area contributed by atoms with Gasteiger partial charge in [0.05, 0.1) is 5.69 Å². The molecule has 0 radical (unpaired) electrons. The molecule has 3 nitrogen and oxygen atoms in total. The number of hydroxylamine groups is 1. The Bertz CT molecular complexity index is 250. The monoisotopic (exact) mass is 163 g/mol. The van der Waals surface area contributed by atoms with Gasteiger partial charge < -0.3 is 10.2 Å². The largest absolute Gasteiger partial charge is 0.767 e. The van der Waals surface area contributed by atoms with Gasteiger partial charge in [0.1, 0.15) is 0 Å². The lowest BCUT2D eigenvalue weighted by Gasteiger charge is -2.34. The Hall–Kier alpha value is -1.06. The number of benzene rings is 1. The molecule has 1 aliphatic rings. The molecule has 1 aromatic rings. The highest BCUT2D eigenvalue weighted by atomic mass is 16.6. The van der Waals surface area contributed by atoms with Crippen LogP contribution in [0.5, 0.6) is 0 Å². The minimum Gasteiger partial charge on any atom is -0.767 e. The predicted molar refractivity (Wildman–Crippen MR) is 48.5 cm³/mol. The highest BCUT2D eigenvalue weighted by molar-refractivity contribution is 5.45. The van der Waals surface area contributed by atoms with Crippen LogP contribution in [0.1, 0.15) is 6.42 Å². The molecule has 0 aliphatic carbocycles. The molecule has 1 heterocycles. The van der Waals surface area contributed by atoms with Gasteiger partial charge in [0.15, 0.2) is 0 Å². The molecular weight excluding hydrogens is 152 g/mol. The SMILES string of the molecule is [O-]N1CCCN1c1ccccc1. The lowest BCUT2D eigenvalue weighted by molar-refractivity contribution is 0.432. The summed E-state index contributed by atoms with van der Waals surface area (Å²) in [6, 6.07) is 9.75. The van der Waals surface area contributed by atoms with Gasteiger partial charge >= 0.3 is 0 Å². The van der Waals surface area contributed by atoms with Crippen molar-refractivity contribution in [2.45, 2.75) is 6.42 Å². The third kappa shape index (κ3) is 1.29. The fourth-order valence-electron chi connectivity index (χ4n) is 1.45. The normalized spacial score (nSPS) is 18.6. The van der Waals surface area contributed by atoms with Crippen molar-refractivity contribution >= 4 is 5.69 Å². The van der Waals surface area contributed by atoms with Crippen LogP contribution in [0.25, 0.3) is 0 Å². The van der Waals surface area contributed by atoms with Crippen LogP contribution >= 0.6 is 0 Å². The quantitative estimate of drug-likeness (QED) is 0.630. The highest BCUT2D eigenvalue weighted by Gasteiger charge is 2.13. The van der Waals surface area contributed by atoms with Crippen molar-refractivity contribution in [2.75, 3.05) is 18.1 Å². The molecule has 0 unspecified atom stereocenters. The summed E-state index contributed by atoms with van der Waals surface area (Å²) in [6.45, 7) is 1.46. The second-order valence-corrected chi connectivity index (χ2v) is 2.89. The lowest BCUT2D eigenvalue weighted by atomic mass is 10.3. The summed E-state index contributed by atoms with van der Waals surface area (Å²) < 4.78 is 0. The van der Waals surface area contributed by atoms with Gasteiger partial charge in [0.2, 0.25) is 0 Å². The molecule has 12 heavy (non-hydrogen) atoms. The Kier molecular flexibility index (Phi) is 1.98. The third-order valence-corrected chi connectivity index (χ3v) is 2.04. The van der Waals surface area contributed by atoms with Crippen LogP contribution in [0.3, 0.4) is 0 Å². The maximum absolute atomic E-state index is 11.2. The summed E-state index contributed by atoms with van der Waals surface area (Å²) in [5.74, 6) is 0. The van der Waals surface area contributed by atoms with Crippen LogP contribution < -0.4 is 5.01 Å². The Morgan fingerprint density at radius 1 is 1.08 bits per heavy atom. The number of hydrogen-bond donors (Lipinski definition) is 0. The molecule has 3 heteroatoms. The van der Waals surface area contributed by atoms with Crippen molar-refractivity contribution in [1.29, 1.82) is 0 Å². The molecule has 0 atom stereocenters. The molecule has 1 aromatic carbocycles. The Balaban J connectivity index is 2.19. The van der Waals surface area contributed by atoms with E-state index in [0.29, 0.717) is 6.54 Å². The summed E-state index contributed by atoms with van der Waals surface area (Å²) in [5, 5.41) is 14.0. The second kappa shape index (κ2) is 3.13. The molecule has 0 N–H and O–H groups in total. The molecular formula is C9H11N2O-. The van der Waals surface area contributed by atoms with Crippen LogP contribution in [0.2, 0.25) is 0 Å². The Labute approximate surface area is 71.8 Å². The maximum atomic E-state index is 11.2. The smallest absolute Gasteiger partial charge is 0.0511 e. The van der Waals surface area contributed by atoms with E-state index in [0.717, 1.165) is 23.8 Å². The average Bonchev–Trinajstić information content (AvgIpc) is 2.53. The zero-order valence-electron chi connectivity index (χ0n) is 6.81. The van der Waals surface area contributed by atoms with E-state index in [4.69, 9.17) is 0 Å². The van der Waals surface area contributed by atoms with E-state index >= 15 is 0 Å². The Morgan fingerprint density at radius 3 is 2.42 bits per heavy atom. The first-order valence-electron chi connectivity index (χ1n) is 4.15. The van der Waals surface area contributed by atoms with Gasteiger partial charge in [0.25, 0.3) is 0 Å². The minimum absolute atomic E-state index is 0.620. The molecule has 0 aromatic heterocycles. The van der Waals surface area contributed by atoms with Crippen LogP contribution in [0.15, 0.2) is 30.3 Å². The first kappa shape index (κ1) is 7.58. The average molecular weight is 163 g/mol. The summed E-state index contributed by atoms with van der Waals surface area (Å²) in [7, 11) is 0. The van der Waals surface area contributed by atoms with Crippen LogP contribution in [-0.2, 0) is 0 Å². The summed E-state index contributed by atoms with van der Waals surface area (Å²) in [6.07, 6.45) is 0.957. The zero-order chi connectivity index (χ0) is 8.39. The molecule has 1 saturated heterocycles. The molecule has 2 rings (SSSR count). The van der Waals surface area contributed by atoms with Crippen LogP contribution in [-0.4, -0.2) is 18.3 Å². The van der Waals surface area contributed by atoms with Crippen molar-refractivity contribution in [3.05, 3.63) is 35.5 Å². The first-order chi connectivity index (χ1) is 5.88. The van der Waals surface area contributed by atoms with Gasteiger partial charge in [-0.15, -0.1) is 0 Å². The lowest BCUT2D eigenvalue weighted by Crippen LogP contribution is -2.31. The van der Waals surface area contributed by atoms with E-state index in [1.54, 1.807) is 5.01 Å². The van der Waals surface area contributed by atoms with Crippen molar-refractivity contribution in [2.24, 2.45) is 0 Å². The number of nitrogens with zero attached hydrogens (tertiary/aromatic N) is 2. The van der Waals surface area contributed by atoms with Gasteiger partial charge in [-0.2, -0.15) is 0 Å². The van der Waals surface area contributed by atoms with Gasteiger partial charge in [-0.05, 0) is 18.6 Å². The maximum Gasteiger partial charge on any atom is 0.0511 e. The van der Waals surface area contributed by atoms with Gasteiger partial charge in [0, 0.05) is 13.1 Å². The fraction of sp³-hybridized carbons (Fsp3) is 0.333. The summed E-state index contributed by atoms with van der Waals surface area (Å²) in [4.78, 5) is 0. The topological polar surface area (TPSA) is 29.5 Å². The highest BCUT2D eigenvalue weighted by Crippen LogP contribution is 2.19. The molecule has 1 aliphatic heterocycles. The number of hydrazine groups is 1. The summed E-state index contributed by atoms with van der Waals surface area (Å²) in [5.41, 5.74) is 0.991. The van der Waals surface area contributed by atoms with Gasteiger partial charge in [-0.3, -0.25) is 5.17 Å². The third-order valence-electron chi connectivity index (χ3n) is 2.04. The molecule has 0 saturated carbocycles. The van der Waals surface area contributed by atoms with Crippen molar-refractivity contribution < 1.29 is 0 Å². The molecule has 0 spiro atoms.